The molecule has 50 valence electrons. The van der Waals surface area contributed by atoms with Gasteiger partial charge in [-0.25, -0.2) is 0 Å². The SMILES string of the molecule is Clc1ccccc1C#C[Se][K]. The quantitative estimate of drug-likeness (QED) is 0.485. The van der Waals surface area contributed by atoms with Crippen LogP contribution < -0.4 is 0 Å². The zero-order valence-electron chi connectivity index (χ0n) is 6.10. The van der Waals surface area contributed by atoms with Crippen LogP contribution in [0.4, 0.5) is 0 Å². The molecule has 3 heteroatoms. The van der Waals surface area contributed by atoms with Crippen molar-refractivity contribution in [3.63, 3.8) is 0 Å². The van der Waals surface area contributed by atoms with Crippen molar-refractivity contribution in [2.24, 2.45) is 0 Å². The van der Waals surface area contributed by atoms with Crippen molar-refractivity contribution in [3.8, 4) is 10.7 Å². The van der Waals surface area contributed by atoms with E-state index < -0.39 is 0 Å². The Kier molecular flexibility index (Phi) is 5.44. The molecule has 0 nitrogen and oxygen atoms in total. The maximum atomic E-state index is 5.88. The maximum absolute atomic E-state index is 5.88. The van der Waals surface area contributed by atoms with Gasteiger partial charge < -0.3 is 0 Å². The van der Waals surface area contributed by atoms with E-state index in [4.69, 9.17) is 11.6 Å². The van der Waals surface area contributed by atoms with Crippen molar-refractivity contribution in [2.75, 3.05) is 0 Å². The Morgan fingerprint density at radius 1 is 1.36 bits per heavy atom. The van der Waals surface area contributed by atoms with E-state index in [-0.39, 0.29) is 0 Å². The van der Waals surface area contributed by atoms with E-state index in [1.807, 2.05) is 24.3 Å². The van der Waals surface area contributed by atoms with E-state index in [0.29, 0.717) is 5.60 Å². The van der Waals surface area contributed by atoms with Crippen molar-refractivity contribution in [1.29, 1.82) is 0 Å². The van der Waals surface area contributed by atoms with Crippen LogP contribution in [0.2, 0.25) is 5.02 Å². The molecule has 1 aromatic rings. The van der Waals surface area contributed by atoms with Gasteiger partial charge in [0.25, 0.3) is 0 Å². The standard InChI is InChI=1S/C8H5ClSe.K/c9-8-4-2-1-3-7(8)5-6-10;/h1-4,10H;/q;+1/p-1. The average molecular weight is 254 g/mol. The Morgan fingerprint density at radius 3 is 2.73 bits per heavy atom. The molecule has 11 heavy (non-hydrogen) atoms. The van der Waals surface area contributed by atoms with Crippen LogP contribution in [-0.4, -0.2) is 51.0 Å². The molecular formula is C8H4ClKSe. The summed E-state index contributed by atoms with van der Waals surface area (Å²) in [7, 11) is 0. The molecular weight excluding hydrogens is 250 g/mol. The number of halogens is 1. The van der Waals surface area contributed by atoms with E-state index in [9.17, 15) is 0 Å². The number of hydrogen-bond acceptors (Lipinski definition) is 0. The summed E-state index contributed by atoms with van der Waals surface area (Å²) in [6.07, 6.45) is 0. The zero-order valence-corrected chi connectivity index (χ0v) is 11.7. The van der Waals surface area contributed by atoms with Gasteiger partial charge in [-0.2, -0.15) is 0 Å². The molecule has 0 aliphatic carbocycles. The molecule has 0 saturated carbocycles. The third-order valence-corrected chi connectivity index (χ3v) is 3.79. The summed E-state index contributed by atoms with van der Waals surface area (Å²) < 4.78 is 0. The van der Waals surface area contributed by atoms with Gasteiger partial charge in [0.15, 0.2) is 0 Å². The molecule has 0 unspecified atom stereocenters. The van der Waals surface area contributed by atoms with Crippen LogP contribution in [0.3, 0.4) is 0 Å². The Hall–Kier alpha value is 1.23. The fourth-order valence-electron chi connectivity index (χ4n) is 0.669. The molecule has 1 rings (SSSR count). The van der Waals surface area contributed by atoms with Gasteiger partial charge in [-0.3, -0.25) is 0 Å². The molecule has 0 aromatic heterocycles. The van der Waals surface area contributed by atoms with Gasteiger partial charge in [-0.1, -0.05) is 0 Å². The molecule has 0 spiro atoms. The van der Waals surface area contributed by atoms with Crippen LogP contribution in [0.1, 0.15) is 5.56 Å². The van der Waals surface area contributed by atoms with E-state index in [2.05, 4.69) is 10.7 Å². The fraction of sp³-hybridized carbons (Fsp3) is 0. The van der Waals surface area contributed by atoms with Crippen LogP contribution in [-0.2, 0) is 0 Å². The molecule has 0 saturated heterocycles. The van der Waals surface area contributed by atoms with Crippen molar-refractivity contribution in [3.05, 3.63) is 34.9 Å². The van der Waals surface area contributed by atoms with Crippen LogP contribution in [0.5, 0.6) is 0 Å². The summed E-state index contributed by atoms with van der Waals surface area (Å²) in [5.74, 6) is 3.06. The fourth-order valence-corrected chi connectivity index (χ4v) is 2.12. The third-order valence-electron chi connectivity index (χ3n) is 1.16. The van der Waals surface area contributed by atoms with E-state index in [1.54, 1.807) is 0 Å². The van der Waals surface area contributed by atoms with Gasteiger partial charge in [0, 0.05) is 0 Å². The number of rotatable bonds is 0. The minimum absolute atomic E-state index is 0.589. The molecule has 0 N–H and O–H groups in total. The summed E-state index contributed by atoms with van der Waals surface area (Å²) >= 11 is 6.76. The molecule has 0 heterocycles. The van der Waals surface area contributed by atoms with E-state index >= 15 is 0 Å². The predicted octanol–water partition coefficient (Wildman–Crippen LogP) is 1.44. The summed E-state index contributed by atoms with van der Waals surface area (Å²) in [6.45, 7) is 0. The van der Waals surface area contributed by atoms with Crippen LogP contribution >= 0.6 is 11.6 Å². The first-order valence-corrected chi connectivity index (χ1v) is 12.7. The van der Waals surface area contributed by atoms with Crippen molar-refractivity contribution in [1.82, 2.24) is 0 Å². The predicted molar refractivity (Wildman–Crippen MR) is 49.8 cm³/mol. The molecule has 0 amide bonds. The minimum atomic E-state index is 0.589. The average Bonchev–Trinajstić information content (AvgIpc) is 2.03. The van der Waals surface area contributed by atoms with Crippen LogP contribution in [0.25, 0.3) is 0 Å². The Labute approximate surface area is 106 Å². The number of benzene rings is 1. The summed E-state index contributed by atoms with van der Waals surface area (Å²) in [6, 6.07) is 7.70. The van der Waals surface area contributed by atoms with E-state index in [1.165, 1.54) is 0 Å². The Balaban J connectivity index is 2.95. The van der Waals surface area contributed by atoms with Gasteiger partial charge in [0.05, 0.1) is 0 Å². The molecule has 0 radical (unpaired) electrons. The topological polar surface area (TPSA) is 0 Å². The second-order valence-electron chi connectivity index (χ2n) is 1.91. The molecule has 0 bridgehead atoms. The Morgan fingerprint density at radius 2 is 2.09 bits per heavy atom. The van der Waals surface area contributed by atoms with Crippen molar-refractivity contribution in [2.45, 2.75) is 0 Å². The summed E-state index contributed by atoms with van der Waals surface area (Å²) in [5, 5.41) is 0.761. The van der Waals surface area contributed by atoms with Gasteiger partial charge in [0.1, 0.15) is 0 Å². The van der Waals surface area contributed by atoms with Crippen LogP contribution in [0, 0.1) is 10.7 Å². The summed E-state index contributed by atoms with van der Waals surface area (Å²) in [4.78, 5) is 3.12. The molecule has 0 fully saturated rings. The second-order valence-corrected chi connectivity index (χ2v) is 6.92. The molecule has 1 aromatic carbocycles. The van der Waals surface area contributed by atoms with Gasteiger partial charge in [-0.05, 0) is 0 Å². The zero-order chi connectivity index (χ0) is 8.10. The molecule has 0 aliphatic rings. The summed E-state index contributed by atoms with van der Waals surface area (Å²) in [5.41, 5.74) is 1.55. The normalized spacial score (nSPS) is 8.64. The molecule has 0 atom stereocenters. The van der Waals surface area contributed by atoms with Gasteiger partial charge in [0.2, 0.25) is 0 Å². The Bertz CT molecular complexity index is 300. The number of hydrogen-bond donors (Lipinski definition) is 0. The second kappa shape index (κ2) is 5.80. The van der Waals surface area contributed by atoms with Gasteiger partial charge in [-0.15, -0.1) is 0 Å². The third kappa shape index (κ3) is 3.63. The van der Waals surface area contributed by atoms with Crippen LogP contribution in [0.15, 0.2) is 24.3 Å². The van der Waals surface area contributed by atoms with E-state index in [0.717, 1.165) is 56.0 Å². The first-order valence-electron chi connectivity index (χ1n) is 3.13. The first kappa shape index (κ1) is 10.3. The first-order chi connectivity index (χ1) is 5.34. The van der Waals surface area contributed by atoms with Crippen molar-refractivity contribution < 1.29 is 0 Å². The van der Waals surface area contributed by atoms with Gasteiger partial charge >= 0.3 is 108 Å². The van der Waals surface area contributed by atoms with Crippen molar-refractivity contribution >= 4 is 62.6 Å². The molecule has 0 aliphatic heterocycles. The monoisotopic (exact) mass is 254 g/mol.